The van der Waals surface area contributed by atoms with Gasteiger partial charge < -0.3 is 10.0 Å². The number of benzene rings is 1. The normalized spacial score (nSPS) is 17.1. The first-order chi connectivity index (χ1) is 9.78. The molecule has 6 heteroatoms. The largest absolute Gasteiger partial charge is 0.389 e. The summed E-state index contributed by atoms with van der Waals surface area (Å²) in [6.07, 6.45) is 0. The zero-order valence-corrected chi connectivity index (χ0v) is 12.3. The van der Waals surface area contributed by atoms with Crippen molar-refractivity contribution in [3.8, 4) is 0 Å². The highest BCUT2D eigenvalue weighted by Gasteiger charge is 2.28. The van der Waals surface area contributed by atoms with Crippen molar-refractivity contribution < 1.29 is 18.7 Å². The van der Waals surface area contributed by atoms with Gasteiger partial charge in [-0.15, -0.1) is 0 Å². The maximum atomic E-state index is 13.6. The Hall–Kier alpha value is -1.53. The fraction of sp³-hybridized carbons (Fsp3) is 0.533. The van der Waals surface area contributed by atoms with Crippen LogP contribution in [-0.4, -0.2) is 59.1 Å². The fourth-order valence-corrected chi connectivity index (χ4v) is 2.52. The predicted octanol–water partition coefficient (Wildman–Crippen LogP) is 1.49. The number of aliphatic hydroxyl groups is 1. The van der Waals surface area contributed by atoms with Crippen molar-refractivity contribution in [1.29, 1.82) is 0 Å². The molecule has 1 aromatic carbocycles. The molecule has 0 spiro atoms. The molecule has 0 saturated carbocycles. The Bertz CT molecular complexity index is 501. The van der Waals surface area contributed by atoms with E-state index in [1.807, 2.05) is 4.90 Å². The fourth-order valence-electron chi connectivity index (χ4n) is 2.52. The molecular formula is C15H20F2N2O2. The molecule has 1 aliphatic heterocycles. The van der Waals surface area contributed by atoms with E-state index in [9.17, 15) is 18.7 Å². The van der Waals surface area contributed by atoms with Gasteiger partial charge in [0.1, 0.15) is 17.2 Å². The first-order valence-corrected chi connectivity index (χ1v) is 6.96. The van der Waals surface area contributed by atoms with Crippen molar-refractivity contribution in [2.24, 2.45) is 0 Å². The SMILES string of the molecule is CC(C)(O)CN1CCN(C(=O)c2c(F)cccc2F)CC1. The van der Waals surface area contributed by atoms with Crippen LogP contribution in [0.4, 0.5) is 8.78 Å². The molecule has 0 atom stereocenters. The quantitative estimate of drug-likeness (QED) is 0.919. The second-order valence-corrected chi connectivity index (χ2v) is 5.98. The summed E-state index contributed by atoms with van der Waals surface area (Å²) in [7, 11) is 0. The van der Waals surface area contributed by atoms with Gasteiger partial charge in [0.2, 0.25) is 0 Å². The van der Waals surface area contributed by atoms with E-state index in [4.69, 9.17) is 0 Å². The summed E-state index contributed by atoms with van der Waals surface area (Å²) < 4.78 is 27.2. The summed E-state index contributed by atoms with van der Waals surface area (Å²) in [5, 5.41) is 9.77. The number of hydrogen-bond donors (Lipinski definition) is 1. The van der Waals surface area contributed by atoms with Gasteiger partial charge in [-0.1, -0.05) is 6.07 Å². The molecule has 0 bridgehead atoms. The van der Waals surface area contributed by atoms with Gasteiger partial charge in [0.25, 0.3) is 5.91 Å². The van der Waals surface area contributed by atoms with E-state index in [1.54, 1.807) is 13.8 Å². The minimum atomic E-state index is -0.834. The van der Waals surface area contributed by atoms with Crippen LogP contribution in [0.15, 0.2) is 18.2 Å². The van der Waals surface area contributed by atoms with Crippen LogP contribution >= 0.6 is 0 Å². The molecule has 1 fully saturated rings. The summed E-state index contributed by atoms with van der Waals surface area (Å²) in [6, 6.07) is 3.41. The Morgan fingerprint density at radius 3 is 2.19 bits per heavy atom. The highest BCUT2D eigenvalue weighted by molar-refractivity contribution is 5.94. The zero-order chi connectivity index (χ0) is 15.6. The Balaban J connectivity index is 2.01. The molecule has 0 aromatic heterocycles. The molecular weight excluding hydrogens is 278 g/mol. The topological polar surface area (TPSA) is 43.8 Å². The molecule has 2 rings (SSSR count). The highest BCUT2D eigenvalue weighted by Crippen LogP contribution is 2.16. The van der Waals surface area contributed by atoms with Crippen LogP contribution in [0.25, 0.3) is 0 Å². The van der Waals surface area contributed by atoms with Crippen LogP contribution in [0.1, 0.15) is 24.2 Å². The number of amides is 1. The molecule has 0 radical (unpaired) electrons. The number of nitrogens with zero attached hydrogens (tertiary/aromatic N) is 2. The smallest absolute Gasteiger partial charge is 0.259 e. The third-order valence-corrected chi connectivity index (χ3v) is 3.45. The molecule has 0 unspecified atom stereocenters. The van der Waals surface area contributed by atoms with Crippen molar-refractivity contribution in [2.75, 3.05) is 32.7 Å². The molecule has 1 aromatic rings. The van der Waals surface area contributed by atoms with Crippen LogP contribution in [0, 0.1) is 11.6 Å². The van der Waals surface area contributed by atoms with Crippen LogP contribution in [-0.2, 0) is 0 Å². The Morgan fingerprint density at radius 2 is 1.71 bits per heavy atom. The Morgan fingerprint density at radius 1 is 1.19 bits per heavy atom. The summed E-state index contributed by atoms with van der Waals surface area (Å²) >= 11 is 0. The van der Waals surface area contributed by atoms with Gasteiger partial charge in [0.15, 0.2) is 0 Å². The average molecular weight is 298 g/mol. The van der Waals surface area contributed by atoms with Crippen LogP contribution in [0.2, 0.25) is 0 Å². The Labute approximate surface area is 123 Å². The number of rotatable bonds is 3. The van der Waals surface area contributed by atoms with Crippen LogP contribution in [0.5, 0.6) is 0 Å². The monoisotopic (exact) mass is 298 g/mol. The number of halogens is 2. The molecule has 116 valence electrons. The highest BCUT2D eigenvalue weighted by atomic mass is 19.1. The van der Waals surface area contributed by atoms with Crippen molar-refractivity contribution >= 4 is 5.91 Å². The molecule has 1 N–H and O–H groups in total. The lowest BCUT2D eigenvalue weighted by molar-refractivity contribution is 0.0177. The van der Waals surface area contributed by atoms with Gasteiger partial charge in [0.05, 0.1) is 5.60 Å². The van der Waals surface area contributed by atoms with Crippen LogP contribution in [0.3, 0.4) is 0 Å². The third-order valence-electron chi connectivity index (χ3n) is 3.45. The first-order valence-electron chi connectivity index (χ1n) is 6.96. The lowest BCUT2D eigenvalue weighted by atomic mass is 10.1. The summed E-state index contributed by atoms with van der Waals surface area (Å²) in [4.78, 5) is 15.7. The summed E-state index contributed by atoms with van der Waals surface area (Å²) in [5.74, 6) is -2.29. The maximum absolute atomic E-state index is 13.6. The Kier molecular flexibility index (Phi) is 4.58. The van der Waals surface area contributed by atoms with Crippen molar-refractivity contribution in [3.05, 3.63) is 35.4 Å². The van der Waals surface area contributed by atoms with Gasteiger partial charge in [-0.25, -0.2) is 8.78 Å². The van der Waals surface area contributed by atoms with Crippen molar-refractivity contribution in [2.45, 2.75) is 19.4 Å². The van der Waals surface area contributed by atoms with E-state index in [-0.39, 0.29) is 0 Å². The third kappa shape index (κ3) is 3.98. The molecule has 21 heavy (non-hydrogen) atoms. The van der Waals surface area contributed by atoms with E-state index in [1.165, 1.54) is 11.0 Å². The van der Waals surface area contributed by atoms with Gasteiger partial charge in [0, 0.05) is 32.7 Å². The minimum Gasteiger partial charge on any atom is -0.389 e. The summed E-state index contributed by atoms with van der Waals surface area (Å²) in [6.45, 7) is 5.88. The number of carbonyl (C=O) groups excluding carboxylic acids is 1. The lowest BCUT2D eigenvalue weighted by Crippen LogP contribution is -2.52. The molecule has 4 nitrogen and oxygen atoms in total. The van der Waals surface area contributed by atoms with Gasteiger partial charge in [-0.05, 0) is 26.0 Å². The van der Waals surface area contributed by atoms with Crippen LogP contribution < -0.4 is 0 Å². The molecule has 0 aliphatic carbocycles. The number of piperazine rings is 1. The van der Waals surface area contributed by atoms with E-state index < -0.39 is 28.7 Å². The van der Waals surface area contributed by atoms with E-state index in [2.05, 4.69) is 0 Å². The molecule has 1 saturated heterocycles. The molecule has 1 amide bonds. The number of β-amino-alcohol motifs (C(OH)–C–C–N with tert-alkyl or cyclic N) is 1. The van der Waals surface area contributed by atoms with Gasteiger partial charge in [-0.3, -0.25) is 9.69 Å². The number of carbonyl (C=O) groups is 1. The minimum absolute atomic E-state index is 0.392. The summed E-state index contributed by atoms with van der Waals surface area (Å²) in [5.41, 5.74) is -1.29. The maximum Gasteiger partial charge on any atom is 0.259 e. The van der Waals surface area contributed by atoms with E-state index >= 15 is 0 Å². The molecule has 1 heterocycles. The van der Waals surface area contributed by atoms with Crippen molar-refractivity contribution in [3.63, 3.8) is 0 Å². The predicted molar refractivity (Wildman–Crippen MR) is 75.0 cm³/mol. The number of hydrogen-bond acceptors (Lipinski definition) is 3. The van der Waals surface area contributed by atoms with E-state index in [0.717, 1.165) is 12.1 Å². The van der Waals surface area contributed by atoms with Gasteiger partial charge in [-0.2, -0.15) is 0 Å². The zero-order valence-electron chi connectivity index (χ0n) is 12.3. The van der Waals surface area contributed by atoms with E-state index in [0.29, 0.717) is 32.7 Å². The van der Waals surface area contributed by atoms with Gasteiger partial charge >= 0.3 is 0 Å². The second-order valence-electron chi connectivity index (χ2n) is 5.98. The van der Waals surface area contributed by atoms with Crippen molar-refractivity contribution in [1.82, 2.24) is 9.80 Å². The molecule has 1 aliphatic rings. The average Bonchev–Trinajstić information content (AvgIpc) is 2.37. The lowest BCUT2D eigenvalue weighted by Gasteiger charge is -2.37. The second kappa shape index (κ2) is 6.07. The first kappa shape index (κ1) is 15.9. The standard InChI is InChI=1S/C15H20F2N2O2/c1-15(2,21)10-18-6-8-19(9-7-18)14(20)13-11(16)4-3-5-12(13)17/h3-5,21H,6-10H2,1-2H3.